The molecule has 194 valence electrons. The minimum Gasteiger partial charge on any atom is -0.406 e. The number of aromatic nitrogens is 1. The molecule has 3 aromatic carbocycles. The molecule has 0 saturated carbocycles. The molecule has 2 heterocycles. The Kier molecular flexibility index (Phi) is 7.12. The van der Waals surface area contributed by atoms with Crippen LogP contribution in [0.25, 0.3) is 5.69 Å². The van der Waals surface area contributed by atoms with E-state index in [0.29, 0.717) is 5.69 Å². The maximum Gasteiger partial charge on any atom is 0.573 e. The lowest BCUT2D eigenvalue weighted by Gasteiger charge is -2.18. The molecule has 0 amide bonds. The van der Waals surface area contributed by atoms with Crippen molar-refractivity contribution >= 4 is 29.6 Å². The van der Waals surface area contributed by atoms with E-state index < -0.39 is 6.36 Å². The summed E-state index contributed by atoms with van der Waals surface area (Å²) in [5.41, 5.74) is 8.95. The molecule has 0 bridgehead atoms. The van der Waals surface area contributed by atoms with Crippen molar-refractivity contribution in [3.8, 4) is 11.4 Å². The van der Waals surface area contributed by atoms with Crippen molar-refractivity contribution in [1.29, 1.82) is 0 Å². The van der Waals surface area contributed by atoms with Gasteiger partial charge < -0.3 is 4.74 Å². The smallest absolute Gasteiger partial charge is 0.406 e. The standard InChI is InChI=1S/C27H23F3N6OS/c1-18-5-3-4-6-24(18)36-19(2)16-38-26(36)33-32-15-20-7-9-21(10-8-20)25-31-17-35(34-25)22-11-13-23(14-12-22)37-27(28,29)30/h3-17,25,34H,1-2H3/b32-15+,33-26-. The zero-order chi connectivity index (χ0) is 26.7. The first-order valence-corrected chi connectivity index (χ1v) is 12.5. The molecule has 7 nitrogen and oxygen atoms in total. The number of para-hydroxylation sites is 1. The van der Waals surface area contributed by atoms with Crippen molar-refractivity contribution in [3.05, 3.63) is 105 Å². The van der Waals surface area contributed by atoms with Crippen molar-refractivity contribution in [2.75, 3.05) is 5.01 Å². The minimum absolute atomic E-state index is 0.280. The van der Waals surface area contributed by atoms with Crippen LogP contribution in [0, 0.1) is 13.8 Å². The molecule has 0 spiro atoms. The van der Waals surface area contributed by atoms with Crippen LogP contribution >= 0.6 is 11.3 Å². The molecule has 11 heteroatoms. The molecule has 5 rings (SSSR count). The molecule has 1 N–H and O–H groups in total. The topological polar surface area (TPSA) is 66.5 Å². The van der Waals surface area contributed by atoms with Gasteiger partial charge in [-0.2, -0.15) is 10.5 Å². The predicted molar refractivity (Wildman–Crippen MR) is 143 cm³/mol. The Bertz CT molecular complexity index is 1540. The Morgan fingerprint density at radius 3 is 2.45 bits per heavy atom. The third-order valence-electron chi connectivity index (χ3n) is 5.78. The van der Waals surface area contributed by atoms with E-state index in [2.05, 4.69) is 54.4 Å². The Hall–Kier alpha value is -4.22. The first kappa shape index (κ1) is 25.4. The normalized spacial score (nSPS) is 16.1. The number of alkyl halides is 3. The number of aryl methyl sites for hydroxylation is 2. The molecule has 1 aliphatic rings. The second-order valence-electron chi connectivity index (χ2n) is 8.50. The summed E-state index contributed by atoms with van der Waals surface area (Å²) >= 11 is 1.53. The van der Waals surface area contributed by atoms with E-state index in [1.807, 2.05) is 43.3 Å². The van der Waals surface area contributed by atoms with E-state index in [1.165, 1.54) is 35.6 Å². The third-order valence-corrected chi connectivity index (χ3v) is 6.71. The fourth-order valence-corrected chi connectivity index (χ4v) is 4.74. The number of benzene rings is 3. The highest BCUT2D eigenvalue weighted by atomic mass is 32.1. The van der Waals surface area contributed by atoms with Crippen LogP contribution in [-0.4, -0.2) is 23.5 Å². The van der Waals surface area contributed by atoms with Gasteiger partial charge in [-0.3, -0.25) is 9.58 Å². The summed E-state index contributed by atoms with van der Waals surface area (Å²) in [7, 11) is 0. The fraction of sp³-hybridized carbons (Fsp3) is 0.148. The number of thiazole rings is 1. The SMILES string of the molecule is Cc1ccccc1-n1c(C)cs/c1=N\N=C\c1ccc(C2N=CN(c3ccc(OC(F)(F)F)cc3)N2)cc1. The Morgan fingerprint density at radius 2 is 1.74 bits per heavy atom. The van der Waals surface area contributed by atoms with E-state index in [-0.39, 0.29) is 11.9 Å². The lowest BCUT2D eigenvalue weighted by molar-refractivity contribution is -0.274. The molecule has 1 aromatic heterocycles. The Labute approximate surface area is 220 Å². The van der Waals surface area contributed by atoms with Gasteiger partial charge in [0.05, 0.1) is 17.6 Å². The summed E-state index contributed by atoms with van der Waals surface area (Å²) in [6, 6.07) is 21.4. The molecule has 38 heavy (non-hydrogen) atoms. The van der Waals surface area contributed by atoms with Gasteiger partial charge >= 0.3 is 6.36 Å². The minimum atomic E-state index is -4.73. The molecule has 1 unspecified atom stereocenters. The van der Waals surface area contributed by atoms with Crippen molar-refractivity contribution in [2.45, 2.75) is 26.4 Å². The number of anilines is 1. The molecule has 0 aliphatic carbocycles. The summed E-state index contributed by atoms with van der Waals surface area (Å²) in [4.78, 5) is 5.23. The molecule has 1 aliphatic heterocycles. The van der Waals surface area contributed by atoms with Crippen LogP contribution in [0.5, 0.6) is 5.75 Å². The maximum atomic E-state index is 12.4. The summed E-state index contributed by atoms with van der Waals surface area (Å²) in [5.74, 6) is -0.280. The number of hydrazine groups is 1. The van der Waals surface area contributed by atoms with Crippen LogP contribution in [0.3, 0.4) is 0 Å². The number of hydrogen-bond acceptors (Lipinski definition) is 7. The number of nitrogens with one attached hydrogen (secondary N) is 1. The predicted octanol–water partition coefficient (Wildman–Crippen LogP) is 6.04. The van der Waals surface area contributed by atoms with Gasteiger partial charge in [0.15, 0.2) is 0 Å². The Morgan fingerprint density at radius 1 is 1.00 bits per heavy atom. The zero-order valence-corrected chi connectivity index (χ0v) is 21.2. The highest BCUT2D eigenvalue weighted by molar-refractivity contribution is 7.07. The monoisotopic (exact) mass is 536 g/mol. The lowest BCUT2D eigenvalue weighted by Crippen LogP contribution is -2.33. The van der Waals surface area contributed by atoms with E-state index in [9.17, 15) is 13.2 Å². The summed E-state index contributed by atoms with van der Waals surface area (Å²) < 4.78 is 43.1. The first-order valence-electron chi connectivity index (χ1n) is 11.6. The van der Waals surface area contributed by atoms with E-state index >= 15 is 0 Å². The number of rotatable bonds is 6. The molecule has 1 atom stereocenters. The number of hydrogen-bond donors (Lipinski definition) is 1. The molecule has 0 radical (unpaired) electrons. The highest BCUT2D eigenvalue weighted by Gasteiger charge is 2.31. The van der Waals surface area contributed by atoms with Crippen LogP contribution in [-0.2, 0) is 0 Å². The van der Waals surface area contributed by atoms with Gasteiger partial charge in [0.2, 0.25) is 4.80 Å². The van der Waals surface area contributed by atoms with Gasteiger partial charge in [-0.1, -0.05) is 42.5 Å². The van der Waals surface area contributed by atoms with Gasteiger partial charge in [-0.25, -0.2) is 4.99 Å². The maximum absolute atomic E-state index is 12.4. The quantitative estimate of drug-likeness (QED) is 0.241. The first-order chi connectivity index (χ1) is 18.3. The number of nitrogens with zero attached hydrogens (tertiary/aromatic N) is 5. The van der Waals surface area contributed by atoms with Crippen LogP contribution in [0.4, 0.5) is 18.9 Å². The average Bonchev–Trinajstić information content (AvgIpc) is 3.52. The largest absolute Gasteiger partial charge is 0.573 e. The van der Waals surface area contributed by atoms with Crippen LogP contribution in [0.15, 0.2) is 93.4 Å². The number of ether oxygens (including phenoxy) is 1. The third kappa shape index (κ3) is 5.84. The molecular formula is C27H23F3N6OS. The van der Waals surface area contributed by atoms with Gasteiger partial charge in [0.25, 0.3) is 0 Å². The van der Waals surface area contributed by atoms with E-state index in [4.69, 9.17) is 0 Å². The van der Waals surface area contributed by atoms with E-state index in [0.717, 1.165) is 32.9 Å². The highest BCUT2D eigenvalue weighted by Crippen LogP contribution is 2.27. The summed E-state index contributed by atoms with van der Waals surface area (Å²) in [5, 5.41) is 12.4. The second kappa shape index (κ2) is 10.6. The molecule has 4 aromatic rings. The average molecular weight is 537 g/mol. The van der Waals surface area contributed by atoms with E-state index in [1.54, 1.807) is 17.6 Å². The van der Waals surface area contributed by atoms with Crippen LogP contribution in [0.2, 0.25) is 0 Å². The van der Waals surface area contributed by atoms with Crippen LogP contribution < -0.4 is 20.0 Å². The zero-order valence-electron chi connectivity index (χ0n) is 20.4. The van der Waals surface area contributed by atoms with Gasteiger partial charge in [-0.15, -0.1) is 29.6 Å². The fourth-order valence-electron chi connectivity index (χ4n) is 3.92. The van der Waals surface area contributed by atoms with Crippen molar-refractivity contribution in [2.24, 2.45) is 15.2 Å². The van der Waals surface area contributed by atoms with Crippen molar-refractivity contribution < 1.29 is 17.9 Å². The van der Waals surface area contributed by atoms with Crippen LogP contribution in [0.1, 0.15) is 28.6 Å². The lowest BCUT2D eigenvalue weighted by atomic mass is 10.1. The molecular weight excluding hydrogens is 513 g/mol. The van der Waals surface area contributed by atoms with Crippen molar-refractivity contribution in [3.63, 3.8) is 0 Å². The summed E-state index contributed by atoms with van der Waals surface area (Å²) in [6.45, 7) is 4.11. The van der Waals surface area contributed by atoms with Crippen molar-refractivity contribution in [1.82, 2.24) is 9.99 Å². The molecule has 0 saturated heterocycles. The number of aliphatic imine (C=N–C) groups is 1. The number of halogens is 3. The van der Waals surface area contributed by atoms with Gasteiger partial charge in [0, 0.05) is 11.1 Å². The second-order valence-corrected chi connectivity index (χ2v) is 9.34. The molecule has 0 fully saturated rings. The van der Waals surface area contributed by atoms with Gasteiger partial charge in [0.1, 0.15) is 18.3 Å². The van der Waals surface area contributed by atoms with Gasteiger partial charge in [-0.05, 0) is 60.9 Å². The summed E-state index contributed by atoms with van der Waals surface area (Å²) in [6.07, 6.45) is -1.77. The Balaban J connectivity index is 1.24.